The lowest BCUT2D eigenvalue weighted by molar-refractivity contribution is 0.767. The maximum Gasteiger partial charge on any atom is 0.0734 e. The summed E-state index contributed by atoms with van der Waals surface area (Å²) in [6.45, 7) is 0. The van der Waals surface area contributed by atoms with E-state index >= 15 is 0 Å². The van der Waals surface area contributed by atoms with Crippen molar-refractivity contribution >= 4 is 26.8 Å². The van der Waals surface area contributed by atoms with Gasteiger partial charge in [-0.05, 0) is 31.0 Å². The monoisotopic (exact) mass is 250 g/mol. The molecule has 0 N–H and O–H groups in total. The molecule has 0 aliphatic heterocycles. The van der Waals surface area contributed by atoms with Gasteiger partial charge in [0.2, 0.25) is 0 Å². The van der Waals surface area contributed by atoms with Gasteiger partial charge in [-0.25, -0.2) is 0 Å². The molecule has 0 unspecified atom stereocenters. The molecule has 3 heteroatoms. The molecule has 1 fully saturated rings. The number of halogens is 1. The Balaban J connectivity index is 2.32. The number of aryl methyl sites for hydroxylation is 1. The van der Waals surface area contributed by atoms with Crippen molar-refractivity contribution in [3.8, 4) is 0 Å². The average molecular weight is 251 g/mol. The summed E-state index contributed by atoms with van der Waals surface area (Å²) >= 11 is 3.49. The molecule has 2 aromatic rings. The number of aromatic nitrogens is 2. The van der Waals surface area contributed by atoms with E-state index in [2.05, 4.69) is 39.2 Å². The van der Waals surface area contributed by atoms with Gasteiger partial charge >= 0.3 is 0 Å². The fourth-order valence-corrected chi connectivity index (χ4v) is 2.27. The summed E-state index contributed by atoms with van der Waals surface area (Å²) in [6.07, 6.45) is 2.62. The van der Waals surface area contributed by atoms with Gasteiger partial charge in [-0.2, -0.15) is 5.10 Å². The van der Waals surface area contributed by atoms with E-state index < -0.39 is 0 Å². The maximum atomic E-state index is 4.59. The predicted molar refractivity (Wildman–Crippen MR) is 60.4 cm³/mol. The molecular weight excluding hydrogens is 240 g/mol. The molecule has 1 saturated carbocycles. The molecule has 1 aliphatic carbocycles. The summed E-state index contributed by atoms with van der Waals surface area (Å²) in [4.78, 5) is 0. The summed E-state index contributed by atoms with van der Waals surface area (Å²) in [6, 6.07) is 6.39. The van der Waals surface area contributed by atoms with Crippen molar-refractivity contribution in [2.75, 3.05) is 0 Å². The van der Waals surface area contributed by atoms with Crippen LogP contribution < -0.4 is 0 Å². The van der Waals surface area contributed by atoms with Crippen LogP contribution in [0.4, 0.5) is 0 Å². The van der Waals surface area contributed by atoms with Gasteiger partial charge in [0, 0.05) is 22.8 Å². The number of benzene rings is 1. The van der Waals surface area contributed by atoms with E-state index in [0.29, 0.717) is 0 Å². The number of fused-ring (bicyclic) bond motifs is 1. The first-order chi connectivity index (χ1) is 6.75. The quantitative estimate of drug-likeness (QED) is 0.760. The van der Waals surface area contributed by atoms with E-state index in [-0.39, 0.29) is 0 Å². The standard InChI is InChI=1S/C11H11BrN2/c1-14-10-6-8(12)4-5-9(10)11(13-14)7-2-3-7/h4-7H,2-3H2,1H3. The van der Waals surface area contributed by atoms with E-state index in [4.69, 9.17) is 0 Å². The van der Waals surface area contributed by atoms with Crippen LogP contribution in [0.15, 0.2) is 22.7 Å². The average Bonchev–Trinajstić information content (AvgIpc) is 2.94. The Kier molecular flexibility index (Phi) is 1.71. The Morgan fingerprint density at radius 3 is 2.93 bits per heavy atom. The van der Waals surface area contributed by atoms with Crippen LogP contribution in [0.5, 0.6) is 0 Å². The molecule has 0 radical (unpaired) electrons. The molecular formula is C11H11BrN2. The third kappa shape index (κ3) is 1.19. The number of hydrogen-bond donors (Lipinski definition) is 0. The number of nitrogens with zero attached hydrogens (tertiary/aromatic N) is 2. The second-order valence-electron chi connectivity index (χ2n) is 3.94. The lowest BCUT2D eigenvalue weighted by Crippen LogP contribution is -1.90. The molecule has 1 aliphatic rings. The molecule has 1 aromatic carbocycles. The molecule has 72 valence electrons. The molecule has 0 atom stereocenters. The van der Waals surface area contributed by atoms with Crippen molar-refractivity contribution in [3.63, 3.8) is 0 Å². The maximum absolute atomic E-state index is 4.59. The van der Waals surface area contributed by atoms with Crippen molar-refractivity contribution in [2.45, 2.75) is 18.8 Å². The largest absolute Gasteiger partial charge is 0.268 e. The Hall–Kier alpha value is -0.830. The Morgan fingerprint density at radius 2 is 2.21 bits per heavy atom. The van der Waals surface area contributed by atoms with Gasteiger partial charge in [-0.3, -0.25) is 4.68 Å². The third-order valence-corrected chi connectivity index (χ3v) is 3.30. The smallest absolute Gasteiger partial charge is 0.0734 e. The van der Waals surface area contributed by atoms with Crippen molar-refractivity contribution in [1.29, 1.82) is 0 Å². The first kappa shape index (κ1) is 8.48. The highest BCUT2D eigenvalue weighted by Crippen LogP contribution is 2.42. The van der Waals surface area contributed by atoms with E-state index in [1.165, 1.54) is 29.4 Å². The van der Waals surface area contributed by atoms with Crippen molar-refractivity contribution in [1.82, 2.24) is 9.78 Å². The first-order valence-electron chi connectivity index (χ1n) is 4.88. The van der Waals surface area contributed by atoms with E-state index in [0.717, 1.165) is 10.4 Å². The highest BCUT2D eigenvalue weighted by atomic mass is 79.9. The van der Waals surface area contributed by atoms with Crippen molar-refractivity contribution in [2.24, 2.45) is 7.05 Å². The minimum Gasteiger partial charge on any atom is -0.268 e. The third-order valence-electron chi connectivity index (χ3n) is 2.81. The molecule has 1 heterocycles. The summed E-state index contributed by atoms with van der Waals surface area (Å²) < 4.78 is 3.10. The zero-order chi connectivity index (χ0) is 9.71. The Labute approximate surface area is 91.0 Å². The van der Waals surface area contributed by atoms with E-state index in [1.807, 2.05) is 11.7 Å². The number of rotatable bonds is 1. The van der Waals surface area contributed by atoms with Crippen molar-refractivity contribution < 1.29 is 0 Å². The van der Waals surface area contributed by atoms with Crippen LogP contribution in [-0.2, 0) is 7.05 Å². The fraction of sp³-hybridized carbons (Fsp3) is 0.364. The highest BCUT2D eigenvalue weighted by molar-refractivity contribution is 9.10. The second kappa shape index (κ2) is 2.83. The van der Waals surface area contributed by atoms with Crippen molar-refractivity contribution in [3.05, 3.63) is 28.4 Å². The van der Waals surface area contributed by atoms with Gasteiger partial charge in [0.25, 0.3) is 0 Å². The molecule has 0 spiro atoms. The SMILES string of the molecule is Cn1nc(C2CC2)c2ccc(Br)cc21. The van der Waals surface area contributed by atoms with E-state index in [1.54, 1.807) is 0 Å². The minimum absolute atomic E-state index is 0.722. The summed E-state index contributed by atoms with van der Waals surface area (Å²) in [7, 11) is 2.01. The molecule has 0 saturated heterocycles. The van der Waals surface area contributed by atoms with Crippen LogP contribution in [0, 0.1) is 0 Å². The van der Waals surface area contributed by atoms with Gasteiger partial charge in [0.1, 0.15) is 0 Å². The number of hydrogen-bond acceptors (Lipinski definition) is 1. The summed E-state index contributed by atoms with van der Waals surface area (Å²) in [5.41, 5.74) is 2.51. The van der Waals surface area contributed by atoms with Crippen LogP contribution in [0.3, 0.4) is 0 Å². The van der Waals surface area contributed by atoms with Gasteiger partial charge in [0.05, 0.1) is 11.2 Å². The van der Waals surface area contributed by atoms with Crippen LogP contribution in [0.25, 0.3) is 10.9 Å². The van der Waals surface area contributed by atoms with Gasteiger partial charge < -0.3 is 0 Å². The molecule has 0 amide bonds. The molecule has 1 aromatic heterocycles. The topological polar surface area (TPSA) is 17.8 Å². The van der Waals surface area contributed by atoms with E-state index in [9.17, 15) is 0 Å². The lowest BCUT2D eigenvalue weighted by Gasteiger charge is -1.94. The molecule has 3 rings (SSSR count). The van der Waals surface area contributed by atoms with Gasteiger partial charge in [-0.15, -0.1) is 0 Å². The first-order valence-corrected chi connectivity index (χ1v) is 5.67. The van der Waals surface area contributed by atoms with Gasteiger partial charge in [0.15, 0.2) is 0 Å². The lowest BCUT2D eigenvalue weighted by atomic mass is 10.1. The molecule has 2 nitrogen and oxygen atoms in total. The zero-order valence-electron chi connectivity index (χ0n) is 8.00. The highest BCUT2D eigenvalue weighted by Gasteiger charge is 2.28. The Morgan fingerprint density at radius 1 is 1.43 bits per heavy atom. The summed E-state index contributed by atoms with van der Waals surface area (Å²) in [5.74, 6) is 0.722. The van der Waals surface area contributed by atoms with Crippen LogP contribution in [-0.4, -0.2) is 9.78 Å². The summed E-state index contributed by atoms with van der Waals surface area (Å²) in [5, 5.41) is 5.91. The van der Waals surface area contributed by atoms with Gasteiger partial charge in [-0.1, -0.05) is 15.9 Å². The van der Waals surface area contributed by atoms with Crippen LogP contribution in [0.1, 0.15) is 24.5 Å². The fourth-order valence-electron chi connectivity index (χ4n) is 1.92. The predicted octanol–water partition coefficient (Wildman–Crippen LogP) is 3.21. The van der Waals surface area contributed by atoms with Crippen LogP contribution in [0.2, 0.25) is 0 Å². The molecule has 14 heavy (non-hydrogen) atoms. The second-order valence-corrected chi connectivity index (χ2v) is 4.86. The zero-order valence-corrected chi connectivity index (χ0v) is 9.58. The van der Waals surface area contributed by atoms with Crippen LogP contribution >= 0.6 is 15.9 Å². The normalized spacial score (nSPS) is 16.4. The minimum atomic E-state index is 0.722. The molecule has 0 bridgehead atoms. The Bertz CT molecular complexity index is 497.